The predicted octanol–water partition coefficient (Wildman–Crippen LogP) is 8.17. The van der Waals surface area contributed by atoms with E-state index in [1.165, 1.54) is 69.8 Å². The molecule has 0 amide bonds. The standard InChI is InChI=1S/C30H50O/c1-20(2)9-8-10-21(3)22-13-15-28(7)24-12-11-23-26(4,5)25(31)14-16-29(23)19-30(24,29)18-17-27(22,28)6/h9,21-25,31H,8,10-19H2,1-7H3/t21-,22?,23?,24?,25+,27-,28+,29-,30+/m1/s1. The molecule has 1 nitrogen and oxygen atoms in total. The molecule has 5 saturated carbocycles. The Balaban J connectivity index is 1.41. The van der Waals surface area contributed by atoms with Crippen LogP contribution in [0, 0.1) is 50.7 Å². The van der Waals surface area contributed by atoms with Crippen molar-refractivity contribution in [1.29, 1.82) is 0 Å². The van der Waals surface area contributed by atoms with E-state index in [-0.39, 0.29) is 11.5 Å². The molecule has 0 aliphatic heterocycles. The van der Waals surface area contributed by atoms with Crippen molar-refractivity contribution in [1.82, 2.24) is 0 Å². The molecular weight excluding hydrogens is 376 g/mol. The number of aliphatic hydroxyl groups excluding tert-OH is 1. The molecule has 5 aliphatic rings. The van der Waals surface area contributed by atoms with Gasteiger partial charge in [0.25, 0.3) is 0 Å². The molecule has 1 heteroatoms. The van der Waals surface area contributed by atoms with Crippen molar-refractivity contribution in [3.05, 3.63) is 11.6 Å². The van der Waals surface area contributed by atoms with Crippen molar-refractivity contribution in [3.63, 3.8) is 0 Å². The van der Waals surface area contributed by atoms with Crippen molar-refractivity contribution in [2.75, 3.05) is 0 Å². The lowest BCUT2D eigenvalue weighted by Crippen LogP contribution is -2.57. The van der Waals surface area contributed by atoms with Crippen LogP contribution >= 0.6 is 0 Å². The molecule has 9 atom stereocenters. The molecule has 31 heavy (non-hydrogen) atoms. The maximum atomic E-state index is 10.8. The Morgan fingerprint density at radius 1 is 0.871 bits per heavy atom. The summed E-state index contributed by atoms with van der Waals surface area (Å²) in [7, 11) is 0. The minimum absolute atomic E-state index is 0.0840. The van der Waals surface area contributed by atoms with Crippen LogP contribution in [0.4, 0.5) is 0 Å². The quantitative estimate of drug-likeness (QED) is 0.449. The monoisotopic (exact) mass is 426 g/mol. The average Bonchev–Trinajstić information content (AvgIpc) is 3.27. The van der Waals surface area contributed by atoms with Gasteiger partial charge in [-0.25, -0.2) is 0 Å². The van der Waals surface area contributed by atoms with Crippen LogP contribution in [-0.4, -0.2) is 11.2 Å². The van der Waals surface area contributed by atoms with Gasteiger partial charge >= 0.3 is 0 Å². The van der Waals surface area contributed by atoms with Gasteiger partial charge in [0.2, 0.25) is 0 Å². The highest BCUT2D eigenvalue weighted by atomic mass is 16.3. The third-order valence-electron chi connectivity index (χ3n) is 13.0. The summed E-state index contributed by atoms with van der Waals surface area (Å²) >= 11 is 0. The molecule has 0 heterocycles. The molecule has 0 bridgehead atoms. The van der Waals surface area contributed by atoms with Crippen molar-refractivity contribution < 1.29 is 5.11 Å². The van der Waals surface area contributed by atoms with E-state index in [4.69, 9.17) is 0 Å². The van der Waals surface area contributed by atoms with Gasteiger partial charge < -0.3 is 5.11 Å². The maximum absolute atomic E-state index is 10.8. The van der Waals surface area contributed by atoms with Gasteiger partial charge in [0.1, 0.15) is 0 Å². The van der Waals surface area contributed by atoms with Crippen LogP contribution in [0.15, 0.2) is 11.6 Å². The van der Waals surface area contributed by atoms with Gasteiger partial charge in [0, 0.05) is 0 Å². The zero-order valence-corrected chi connectivity index (χ0v) is 21.7. The second kappa shape index (κ2) is 6.86. The van der Waals surface area contributed by atoms with E-state index in [0.717, 1.165) is 30.1 Å². The van der Waals surface area contributed by atoms with Crippen molar-refractivity contribution in [3.8, 4) is 0 Å². The Labute approximate surface area is 192 Å². The normalized spacial score (nSPS) is 52.9. The summed E-state index contributed by atoms with van der Waals surface area (Å²) in [5.41, 5.74) is 3.87. The highest BCUT2D eigenvalue weighted by molar-refractivity contribution is 5.30. The molecule has 1 N–H and O–H groups in total. The fourth-order valence-electron chi connectivity index (χ4n) is 11.1. The van der Waals surface area contributed by atoms with Crippen LogP contribution in [0.5, 0.6) is 0 Å². The third kappa shape index (κ3) is 2.71. The largest absolute Gasteiger partial charge is 0.393 e. The van der Waals surface area contributed by atoms with E-state index >= 15 is 0 Å². The first-order valence-corrected chi connectivity index (χ1v) is 13.8. The first kappa shape index (κ1) is 22.5. The average molecular weight is 427 g/mol. The number of aliphatic hydroxyl groups is 1. The minimum Gasteiger partial charge on any atom is -0.393 e. The molecule has 0 aromatic rings. The number of hydrogen-bond acceptors (Lipinski definition) is 1. The van der Waals surface area contributed by atoms with Gasteiger partial charge in [-0.1, -0.05) is 46.3 Å². The van der Waals surface area contributed by atoms with Gasteiger partial charge in [-0.05, 0) is 135 Å². The Morgan fingerprint density at radius 3 is 2.26 bits per heavy atom. The highest BCUT2D eigenvalue weighted by Crippen LogP contribution is 2.89. The molecule has 0 aromatic heterocycles. The van der Waals surface area contributed by atoms with Crippen molar-refractivity contribution >= 4 is 0 Å². The number of fused-ring (bicyclic) bond motifs is 2. The molecular formula is C30H50O. The molecule has 0 aromatic carbocycles. The number of hydrogen-bond donors (Lipinski definition) is 1. The van der Waals surface area contributed by atoms with Gasteiger partial charge in [-0.15, -0.1) is 0 Å². The van der Waals surface area contributed by atoms with Crippen molar-refractivity contribution in [2.45, 2.75) is 125 Å². The Morgan fingerprint density at radius 2 is 1.55 bits per heavy atom. The van der Waals surface area contributed by atoms with E-state index in [9.17, 15) is 5.11 Å². The topological polar surface area (TPSA) is 20.2 Å². The van der Waals surface area contributed by atoms with Crippen molar-refractivity contribution in [2.24, 2.45) is 50.7 Å². The van der Waals surface area contributed by atoms with Gasteiger partial charge in [0.15, 0.2) is 0 Å². The molecule has 176 valence electrons. The smallest absolute Gasteiger partial charge is 0.0594 e. The van der Waals surface area contributed by atoms with E-state index in [1.54, 1.807) is 0 Å². The fraction of sp³-hybridized carbons (Fsp3) is 0.933. The Hall–Kier alpha value is -0.300. The summed E-state index contributed by atoms with van der Waals surface area (Å²) in [4.78, 5) is 0. The number of rotatable bonds is 4. The third-order valence-corrected chi connectivity index (χ3v) is 13.0. The van der Waals surface area contributed by atoms with Gasteiger partial charge in [-0.3, -0.25) is 0 Å². The summed E-state index contributed by atoms with van der Waals surface area (Å²) in [6.07, 6.45) is 17.6. The molecule has 0 saturated heterocycles. The van der Waals surface area contributed by atoms with E-state index in [2.05, 4.69) is 54.5 Å². The number of allylic oxidation sites excluding steroid dienone is 2. The molecule has 0 radical (unpaired) electrons. The van der Waals surface area contributed by atoms with Gasteiger partial charge in [0.05, 0.1) is 6.10 Å². The zero-order valence-electron chi connectivity index (χ0n) is 21.7. The highest BCUT2D eigenvalue weighted by Gasteiger charge is 2.82. The van der Waals surface area contributed by atoms with E-state index < -0.39 is 0 Å². The van der Waals surface area contributed by atoms with Crippen LogP contribution in [-0.2, 0) is 0 Å². The Bertz CT molecular complexity index is 760. The lowest BCUT2D eigenvalue weighted by Gasteiger charge is -2.63. The molecule has 5 fully saturated rings. The minimum atomic E-state index is -0.0840. The summed E-state index contributed by atoms with van der Waals surface area (Å²) < 4.78 is 0. The zero-order chi connectivity index (χ0) is 22.4. The van der Waals surface area contributed by atoms with E-state index in [1.807, 2.05) is 0 Å². The van der Waals surface area contributed by atoms with Crippen LogP contribution in [0.1, 0.15) is 119 Å². The summed E-state index contributed by atoms with van der Waals surface area (Å²) in [5.74, 6) is 3.46. The summed E-state index contributed by atoms with van der Waals surface area (Å²) in [6, 6.07) is 0. The van der Waals surface area contributed by atoms with E-state index in [0.29, 0.717) is 21.7 Å². The maximum Gasteiger partial charge on any atom is 0.0594 e. The predicted molar refractivity (Wildman–Crippen MR) is 131 cm³/mol. The second-order valence-corrected chi connectivity index (χ2v) is 14.4. The van der Waals surface area contributed by atoms with Gasteiger partial charge in [-0.2, -0.15) is 0 Å². The first-order valence-electron chi connectivity index (χ1n) is 13.8. The van der Waals surface area contributed by atoms with Crippen LogP contribution in [0.25, 0.3) is 0 Å². The summed E-state index contributed by atoms with van der Waals surface area (Å²) in [6.45, 7) is 17.3. The molecule has 2 spiro atoms. The van der Waals surface area contributed by atoms with Crippen LogP contribution in [0.3, 0.4) is 0 Å². The summed E-state index contributed by atoms with van der Waals surface area (Å²) in [5, 5.41) is 10.8. The molecule has 5 aliphatic carbocycles. The van der Waals surface area contributed by atoms with Crippen LogP contribution in [0.2, 0.25) is 0 Å². The molecule has 3 unspecified atom stereocenters. The molecule has 5 rings (SSSR count). The first-order chi connectivity index (χ1) is 14.4. The Kier molecular flexibility index (Phi) is 4.98. The fourth-order valence-corrected chi connectivity index (χ4v) is 11.1. The lowest BCUT2D eigenvalue weighted by molar-refractivity contribution is -0.161. The van der Waals surface area contributed by atoms with Crippen LogP contribution < -0.4 is 0 Å². The lowest BCUT2D eigenvalue weighted by atomic mass is 9.41. The second-order valence-electron chi connectivity index (χ2n) is 14.4. The SMILES string of the molecule is CC(C)=CCC[C@@H](C)C1CC[C@@]2(C)C3CCC4C(C)(C)[C@@H](O)CC[C@@]45C[C@@]35CC[C@]12C.